The van der Waals surface area contributed by atoms with E-state index < -0.39 is 23.7 Å². The predicted octanol–water partition coefficient (Wildman–Crippen LogP) is 2.94. The van der Waals surface area contributed by atoms with Gasteiger partial charge in [0, 0.05) is 0 Å². The summed E-state index contributed by atoms with van der Waals surface area (Å²) < 4.78 is 32.2. The van der Waals surface area contributed by atoms with Gasteiger partial charge in [0.15, 0.2) is 0 Å². The van der Waals surface area contributed by atoms with Crippen molar-refractivity contribution in [3.05, 3.63) is 89.0 Å². The van der Waals surface area contributed by atoms with Gasteiger partial charge in [0.1, 0.15) is 17.4 Å². The first-order chi connectivity index (χ1) is 14.0. The third kappa shape index (κ3) is 6.56. The number of benzene rings is 2. The molecule has 0 saturated heterocycles. The summed E-state index contributed by atoms with van der Waals surface area (Å²) in [6.07, 6.45) is 1.02. The number of pyridine rings is 1. The van der Waals surface area contributed by atoms with Crippen LogP contribution in [0.4, 0.5) is 14.5 Å². The van der Waals surface area contributed by atoms with Gasteiger partial charge in [-0.2, -0.15) is 0 Å². The number of aromatic carboxylic acids is 1. The van der Waals surface area contributed by atoms with E-state index in [0.717, 1.165) is 12.3 Å². The SMILES string of the molecule is CCC(O[N-]c1cc(F)cnc1Oc1ccc(F)cc1)c1ccc(C(=O)O)cc1.[K+]. The van der Waals surface area contributed by atoms with Crippen LogP contribution in [-0.2, 0) is 4.84 Å². The Morgan fingerprint density at radius 2 is 1.77 bits per heavy atom. The summed E-state index contributed by atoms with van der Waals surface area (Å²) in [4.78, 5) is 20.4. The Hall–Kier alpha value is -1.88. The van der Waals surface area contributed by atoms with E-state index in [4.69, 9.17) is 14.7 Å². The topological polar surface area (TPSA) is 82.8 Å². The van der Waals surface area contributed by atoms with E-state index in [1.165, 1.54) is 36.4 Å². The third-order valence-corrected chi connectivity index (χ3v) is 4.01. The van der Waals surface area contributed by atoms with Gasteiger partial charge in [-0.25, -0.2) is 18.6 Å². The van der Waals surface area contributed by atoms with Crippen molar-refractivity contribution in [2.75, 3.05) is 0 Å². The molecule has 0 saturated carbocycles. The zero-order valence-electron chi connectivity index (χ0n) is 16.4. The van der Waals surface area contributed by atoms with Gasteiger partial charge in [-0.05, 0) is 54.4 Å². The molecule has 30 heavy (non-hydrogen) atoms. The molecule has 3 aromatic rings. The smallest absolute Gasteiger partial charge is 0.557 e. The quantitative estimate of drug-likeness (QED) is 0.432. The van der Waals surface area contributed by atoms with Crippen molar-refractivity contribution in [2.24, 2.45) is 0 Å². The molecule has 9 heteroatoms. The Bertz CT molecular complexity index is 985. The minimum Gasteiger partial charge on any atom is -0.557 e. The molecule has 1 heterocycles. The maximum absolute atomic E-state index is 13.6. The fourth-order valence-electron chi connectivity index (χ4n) is 2.51. The monoisotopic (exact) mass is 438 g/mol. The van der Waals surface area contributed by atoms with Crippen LogP contribution in [0.2, 0.25) is 0 Å². The maximum Gasteiger partial charge on any atom is 1.00 e. The summed E-state index contributed by atoms with van der Waals surface area (Å²) in [6.45, 7) is 1.87. The van der Waals surface area contributed by atoms with E-state index in [-0.39, 0.29) is 68.5 Å². The van der Waals surface area contributed by atoms with Crippen LogP contribution in [0.5, 0.6) is 11.6 Å². The van der Waals surface area contributed by atoms with E-state index in [2.05, 4.69) is 10.5 Å². The summed E-state index contributed by atoms with van der Waals surface area (Å²) in [5.41, 5.74) is 4.86. The van der Waals surface area contributed by atoms with Gasteiger partial charge in [-0.15, -0.1) is 0 Å². The average molecular weight is 438 g/mol. The normalized spacial score (nSPS) is 11.3. The van der Waals surface area contributed by atoms with Crippen molar-refractivity contribution in [1.82, 2.24) is 4.98 Å². The van der Waals surface area contributed by atoms with E-state index >= 15 is 0 Å². The van der Waals surface area contributed by atoms with Crippen LogP contribution < -0.4 is 56.1 Å². The molecule has 0 aliphatic carbocycles. The largest absolute Gasteiger partial charge is 1.00 e. The number of carboxylic acid groups (broad SMARTS) is 1. The van der Waals surface area contributed by atoms with Crippen LogP contribution in [0.25, 0.3) is 5.48 Å². The summed E-state index contributed by atoms with van der Waals surface area (Å²) in [6, 6.07) is 12.6. The van der Waals surface area contributed by atoms with Crippen molar-refractivity contribution in [3.8, 4) is 11.6 Å². The molecule has 1 N–H and O–H groups in total. The molecular weight excluding hydrogens is 421 g/mol. The van der Waals surface area contributed by atoms with Gasteiger partial charge in [-0.1, -0.05) is 24.7 Å². The molecule has 0 aliphatic rings. The van der Waals surface area contributed by atoms with Crippen molar-refractivity contribution < 1.29 is 79.6 Å². The van der Waals surface area contributed by atoms with Gasteiger partial charge < -0.3 is 20.2 Å². The number of halogens is 2. The Labute approximate surface area is 214 Å². The first-order valence-electron chi connectivity index (χ1n) is 8.75. The molecular formula is C21H17F2KN2O4. The Morgan fingerprint density at radius 1 is 1.10 bits per heavy atom. The number of nitrogens with zero attached hydrogens (tertiary/aromatic N) is 2. The van der Waals surface area contributed by atoms with Crippen LogP contribution in [0.3, 0.4) is 0 Å². The number of hydrogen-bond acceptors (Lipinski definition) is 4. The van der Waals surface area contributed by atoms with Crippen LogP contribution >= 0.6 is 0 Å². The molecule has 150 valence electrons. The van der Waals surface area contributed by atoms with Gasteiger partial charge in [0.25, 0.3) is 0 Å². The third-order valence-electron chi connectivity index (χ3n) is 4.01. The first-order valence-corrected chi connectivity index (χ1v) is 8.75. The van der Waals surface area contributed by atoms with Crippen LogP contribution in [-0.4, -0.2) is 16.1 Å². The summed E-state index contributed by atoms with van der Waals surface area (Å²) >= 11 is 0. The molecule has 0 fully saturated rings. The molecule has 2 aromatic carbocycles. The van der Waals surface area contributed by atoms with Crippen molar-refractivity contribution in [2.45, 2.75) is 19.4 Å². The van der Waals surface area contributed by atoms with Gasteiger partial charge in [-0.3, -0.25) is 0 Å². The van der Waals surface area contributed by atoms with Gasteiger partial charge in [0.05, 0.1) is 17.9 Å². The second-order valence-electron chi connectivity index (χ2n) is 6.05. The summed E-state index contributed by atoms with van der Waals surface area (Å²) in [5.74, 6) is -1.77. The molecule has 0 aliphatic heterocycles. The van der Waals surface area contributed by atoms with E-state index in [1.807, 2.05) is 6.92 Å². The second-order valence-corrected chi connectivity index (χ2v) is 6.05. The average Bonchev–Trinajstić information content (AvgIpc) is 2.72. The molecule has 0 bridgehead atoms. The number of carboxylic acids is 1. The van der Waals surface area contributed by atoms with E-state index in [1.54, 1.807) is 12.1 Å². The summed E-state index contributed by atoms with van der Waals surface area (Å²) in [7, 11) is 0. The Balaban J connectivity index is 0.00000320. The standard InChI is InChI=1S/C21H17F2N2O4.K/c1-2-19(13-3-5-14(6-4-13)21(26)27)29-25-18-11-16(23)12-24-20(18)28-17-9-7-15(22)8-10-17;/h3-12,19H,2H2,1H3,(H,26,27);/q-1;+1. The van der Waals surface area contributed by atoms with Crippen LogP contribution in [0, 0.1) is 11.6 Å². The molecule has 0 spiro atoms. The van der Waals surface area contributed by atoms with Crippen molar-refractivity contribution in [3.63, 3.8) is 0 Å². The second kappa shape index (κ2) is 11.5. The van der Waals surface area contributed by atoms with E-state index in [9.17, 15) is 13.6 Å². The maximum atomic E-state index is 13.6. The molecule has 1 unspecified atom stereocenters. The number of hydrogen-bond donors (Lipinski definition) is 1. The molecule has 1 atom stereocenters. The van der Waals surface area contributed by atoms with Crippen LogP contribution in [0.1, 0.15) is 35.4 Å². The van der Waals surface area contributed by atoms with E-state index in [0.29, 0.717) is 17.7 Å². The molecule has 3 rings (SSSR count). The molecule has 0 radical (unpaired) electrons. The van der Waals surface area contributed by atoms with Gasteiger partial charge in [0.2, 0.25) is 5.88 Å². The number of carbonyl (C=O) groups is 1. The van der Waals surface area contributed by atoms with Crippen molar-refractivity contribution >= 4 is 11.7 Å². The number of aromatic nitrogens is 1. The fourth-order valence-corrected chi connectivity index (χ4v) is 2.51. The number of rotatable bonds is 8. The minimum absolute atomic E-state index is 0. The predicted molar refractivity (Wildman–Crippen MR) is 101 cm³/mol. The minimum atomic E-state index is -1.02. The zero-order valence-corrected chi connectivity index (χ0v) is 19.5. The first kappa shape index (κ1) is 24.4. The molecule has 6 nitrogen and oxygen atoms in total. The van der Waals surface area contributed by atoms with Crippen molar-refractivity contribution in [1.29, 1.82) is 0 Å². The summed E-state index contributed by atoms with van der Waals surface area (Å²) in [5, 5.41) is 8.99. The molecule has 0 amide bonds. The Kier molecular flexibility index (Phi) is 9.34. The van der Waals surface area contributed by atoms with Crippen LogP contribution in [0.15, 0.2) is 60.8 Å². The Morgan fingerprint density at radius 3 is 2.37 bits per heavy atom. The fraction of sp³-hybridized carbons (Fsp3) is 0.143. The van der Waals surface area contributed by atoms with Gasteiger partial charge >= 0.3 is 57.4 Å². The zero-order chi connectivity index (χ0) is 20.8. The number of ether oxygens (including phenoxy) is 1. The molecule has 1 aromatic heterocycles.